The van der Waals surface area contributed by atoms with E-state index in [1.165, 1.54) is 30.8 Å². The van der Waals surface area contributed by atoms with Gasteiger partial charge in [-0.2, -0.15) is 0 Å². The van der Waals surface area contributed by atoms with E-state index in [0.717, 1.165) is 0 Å². The van der Waals surface area contributed by atoms with Gasteiger partial charge in [-0.25, -0.2) is 4.79 Å². The molecule has 1 aromatic carbocycles. The molecule has 0 saturated heterocycles. The van der Waals surface area contributed by atoms with Crippen molar-refractivity contribution in [2.45, 2.75) is 6.92 Å². The zero-order chi connectivity index (χ0) is 21.5. The predicted molar refractivity (Wildman–Crippen MR) is 110 cm³/mol. The molecule has 0 aliphatic heterocycles. The van der Waals surface area contributed by atoms with Crippen LogP contribution in [0.25, 0.3) is 11.3 Å². The van der Waals surface area contributed by atoms with Crippen LogP contribution in [0.5, 0.6) is 11.5 Å². The van der Waals surface area contributed by atoms with Crippen LogP contribution in [0.15, 0.2) is 46.4 Å². The summed E-state index contributed by atoms with van der Waals surface area (Å²) in [5, 5.41) is 4.68. The molecule has 0 spiro atoms. The number of nitrogens with one attached hydrogen (secondary N) is 1. The summed E-state index contributed by atoms with van der Waals surface area (Å²) >= 11 is 1.17. The SMILES string of the molecule is CCOC(=O)c1c(-c2ccco2)csc1NC(=O)COc1ccc(OC)cc1C=O. The summed E-state index contributed by atoms with van der Waals surface area (Å²) in [6.07, 6.45) is 2.11. The third-order valence-electron chi connectivity index (χ3n) is 4.01. The van der Waals surface area contributed by atoms with Crippen LogP contribution < -0.4 is 14.8 Å². The Morgan fingerprint density at radius 1 is 1.27 bits per heavy atom. The van der Waals surface area contributed by atoms with Crippen LogP contribution in [0, 0.1) is 0 Å². The average Bonchev–Trinajstić information content (AvgIpc) is 3.42. The van der Waals surface area contributed by atoms with Crippen molar-refractivity contribution in [3.63, 3.8) is 0 Å². The first kappa shape index (κ1) is 21.1. The van der Waals surface area contributed by atoms with E-state index in [1.54, 1.807) is 36.6 Å². The Morgan fingerprint density at radius 2 is 2.10 bits per heavy atom. The summed E-state index contributed by atoms with van der Waals surface area (Å²) in [5.41, 5.74) is 0.992. The molecule has 0 saturated carbocycles. The van der Waals surface area contributed by atoms with Gasteiger partial charge in [0.15, 0.2) is 12.9 Å². The molecular formula is C21H19NO7S. The maximum absolute atomic E-state index is 12.5. The Balaban J connectivity index is 1.75. The molecule has 0 fully saturated rings. The minimum absolute atomic E-state index is 0.189. The van der Waals surface area contributed by atoms with Gasteiger partial charge in [0.05, 0.1) is 25.5 Å². The number of ether oxygens (including phenoxy) is 3. The van der Waals surface area contributed by atoms with Crippen molar-refractivity contribution in [2.75, 3.05) is 25.6 Å². The highest BCUT2D eigenvalue weighted by Crippen LogP contribution is 2.36. The van der Waals surface area contributed by atoms with Gasteiger partial charge in [0.2, 0.25) is 0 Å². The van der Waals surface area contributed by atoms with Crippen LogP contribution in [0.2, 0.25) is 0 Å². The maximum Gasteiger partial charge on any atom is 0.341 e. The molecule has 0 atom stereocenters. The number of esters is 1. The Morgan fingerprint density at radius 3 is 2.77 bits per heavy atom. The number of hydrogen-bond acceptors (Lipinski definition) is 8. The number of carbonyl (C=O) groups is 3. The molecule has 0 radical (unpaired) electrons. The van der Waals surface area contributed by atoms with Crippen LogP contribution >= 0.6 is 11.3 Å². The van der Waals surface area contributed by atoms with E-state index in [1.807, 2.05) is 0 Å². The van der Waals surface area contributed by atoms with Crippen LogP contribution in [0.4, 0.5) is 5.00 Å². The molecule has 2 heterocycles. The predicted octanol–water partition coefficient (Wildman–Crippen LogP) is 4.02. The number of thiophene rings is 1. The lowest BCUT2D eigenvalue weighted by Gasteiger charge is -2.11. The van der Waals surface area contributed by atoms with Gasteiger partial charge in [0, 0.05) is 10.9 Å². The number of carbonyl (C=O) groups excluding carboxylic acids is 3. The van der Waals surface area contributed by atoms with E-state index >= 15 is 0 Å². The molecule has 0 bridgehead atoms. The molecule has 0 aliphatic carbocycles. The highest BCUT2D eigenvalue weighted by atomic mass is 32.1. The first-order chi connectivity index (χ1) is 14.6. The number of hydrogen-bond donors (Lipinski definition) is 1. The molecule has 3 rings (SSSR count). The van der Waals surface area contributed by atoms with E-state index in [4.69, 9.17) is 18.6 Å². The van der Waals surface area contributed by atoms with Gasteiger partial charge in [-0.15, -0.1) is 11.3 Å². The van der Waals surface area contributed by atoms with E-state index in [9.17, 15) is 14.4 Å². The first-order valence-electron chi connectivity index (χ1n) is 8.95. The van der Waals surface area contributed by atoms with Crippen molar-refractivity contribution in [2.24, 2.45) is 0 Å². The first-order valence-corrected chi connectivity index (χ1v) is 9.83. The minimum atomic E-state index is -0.570. The molecule has 9 heteroatoms. The lowest BCUT2D eigenvalue weighted by atomic mass is 10.1. The smallest absolute Gasteiger partial charge is 0.341 e. The average molecular weight is 429 g/mol. The molecule has 156 valence electrons. The van der Waals surface area contributed by atoms with Crippen LogP contribution in [0.3, 0.4) is 0 Å². The normalized spacial score (nSPS) is 10.3. The number of rotatable bonds is 9. The monoisotopic (exact) mass is 429 g/mol. The van der Waals surface area contributed by atoms with Gasteiger partial charge < -0.3 is 23.9 Å². The van der Waals surface area contributed by atoms with Gasteiger partial charge in [-0.1, -0.05) is 0 Å². The van der Waals surface area contributed by atoms with Gasteiger partial charge in [0.25, 0.3) is 5.91 Å². The Labute approximate surface area is 176 Å². The second kappa shape index (κ2) is 9.75. The number of methoxy groups -OCH3 is 1. The fourth-order valence-corrected chi connectivity index (χ4v) is 3.61. The van der Waals surface area contributed by atoms with Crippen molar-refractivity contribution in [3.05, 3.63) is 53.1 Å². The van der Waals surface area contributed by atoms with Crippen LogP contribution in [0.1, 0.15) is 27.6 Å². The van der Waals surface area contributed by atoms with E-state index in [0.29, 0.717) is 28.4 Å². The summed E-state index contributed by atoms with van der Waals surface area (Å²) in [4.78, 5) is 36.1. The summed E-state index contributed by atoms with van der Waals surface area (Å²) in [7, 11) is 1.48. The summed E-state index contributed by atoms with van der Waals surface area (Å²) in [6, 6.07) is 8.08. The summed E-state index contributed by atoms with van der Waals surface area (Å²) in [5.74, 6) is 0.159. The fraction of sp³-hybridized carbons (Fsp3) is 0.190. The van der Waals surface area contributed by atoms with E-state index in [-0.39, 0.29) is 30.1 Å². The maximum atomic E-state index is 12.5. The molecule has 8 nitrogen and oxygen atoms in total. The number of aldehydes is 1. The van der Waals surface area contributed by atoms with Crippen molar-refractivity contribution in [1.82, 2.24) is 0 Å². The summed E-state index contributed by atoms with van der Waals surface area (Å²) < 4.78 is 21.0. The number of furan rings is 1. The molecule has 1 amide bonds. The number of benzene rings is 1. The molecule has 3 aromatic rings. The molecule has 30 heavy (non-hydrogen) atoms. The van der Waals surface area contributed by atoms with Gasteiger partial charge >= 0.3 is 5.97 Å². The quantitative estimate of drug-likeness (QED) is 0.405. The zero-order valence-corrected chi connectivity index (χ0v) is 17.1. The Kier molecular flexibility index (Phi) is 6.87. The minimum Gasteiger partial charge on any atom is -0.497 e. The topological polar surface area (TPSA) is 104 Å². The largest absolute Gasteiger partial charge is 0.497 e. The number of amides is 1. The van der Waals surface area contributed by atoms with Crippen molar-refractivity contribution in [1.29, 1.82) is 0 Å². The van der Waals surface area contributed by atoms with Gasteiger partial charge in [-0.3, -0.25) is 9.59 Å². The molecular weight excluding hydrogens is 410 g/mol. The van der Waals surface area contributed by atoms with Crippen molar-refractivity contribution < 1.29 is 33.0 Å². The molecule has 0 unspecified atom stereocenters. The van der Waals surface area contributed by atoms with Gasteiger partial charge in [-0.05, 0) is 37.3 Å². The third-order valence-corrected chi connectivity index (χ3v) is 4.91. The highest BCUT2D eigenvalue weighted by molar-refractivity contribution is 7.15. The van der Waals surface area contributed by atoms with Crippen molar-refractivity contribution >= 4 is 34.5 Å². The van der Waals surface area contributed by atoms with Crippen LogP contribution in [-0.2, 0) is 9.53 Å². The summed E-state index contributed by atoms with van der Waals surface area (Å²) in [6.45, 7) is 1.53. The lowest BCUT2D eigenvalue weighted by Crippen LogP contribution is -2.21. The Bertz CT molecular complexity index is 1040. The molecule has 2 aromatic heterocycles. The Hall–Kier alpha value is -3.59. The third kappa shape index (κ3) is 4.69. The van der Waals surface area contributed by atoms with Crippen LogP contribution in [-0.4, -0.2) is 38.5 Å². The molecule has 1 N–H and O–H groups in total. The second-order valence-electron chi connectivity index (χ2n) is 5.91. The van der Waals surface area contributed by atoms with Crippen molar-refractivity contribution in [3.8, 4) is 22.8 Å². The highest BCUT2D eigenvalue weighted by Gasteiger charge is 2.24. The lowest BCUT2D eigenvalue weighted by molar-refractivity contribution is -0.118. The van der Waals surface area contributed by atoms with E-state index < -0.39 is 11.9 Å². The standard InChI is InChI=1S/C21H19NO7S/c1-3-27-21(25)19-15(17-5-4-8-28-17)12-30-20(19)22-18(24)11-29-16-7-6-14(26-2)9-13(16)10-23/h4-10,12H,3,11H2,1-2H3,(H,22,24). The number of anilines is 1. The van der Waals surface area contributed by atoms with E-state index in [2.05, 4.69) is 5.32 Å². The zero-order valence-electron chi connectivity index (χ0n) is 16.3. The second-order valence-corrected chi connectivity index (χ2v) is 6.79. The fourth-order valence-electron chi connectivity index (χ4n) is 2.65. The van der Waals surface area contributed by atoms with Gasteiger partial charge in [0.1, 0.15) is 27.8 Å². The molecule has 0 aliphatic rings.